The summed E-state index contributed by atoms with van der Waals surface area (Å²) >= 11 is 0. The van der Waals surface area contributed by atoms with E-state index in [0.717, 1.165) is 6.26 Å². The van der Waals surface area contributed by atoms with Gasteiger partial charge in [-0.1, -0.05) is 0 Å². The van der Waals surface area contributed by atoms with Gasteiger partial charge in [0, 0.05) is 11.3 Å². The van der Waals surface area contributed by atoms with Crippen LogP contribution in [-0.2, 0) is 19.3 Å². The number of amides is 1. The molecular weight excluding hydrogens is 319 g/mol. The van der Waals surface area contributed by atoms with Gasteiger partial charge in [0.15, 0.2) is 0 Å². The molecule has 1 aromatic carbocycles. The second-order valence-electron chi connectivity index (χ2n) is 6.67. The van der Waals surface area contributed by atoms with Crippen molar-refractivity contribution < 1.29 is 22.5 Å². The number of carbonyl (C=O) groups is 1. The van der Waals surface area contributed by atoms with Crippen molar-refractivity contribution in [1.29, 1.82) is 0 Å². The van der Waals surface area contributed by atoms with E-state index in [9.17, 15) is 13.2 Å². The van der Waals surface area contributed by atoms with Gasteiger partial charge in [-0.25, -0.2) is 8.42 Å². The van der Waals surface area contributed by atoms with Crippen LogP contribution in [-0.4, -0.2) is 38.9 Å². The van der Waals surface area contributed by atoms with Crippen molar-refractivity contribution in [3.8, 4) is 0 Å². The number of sulfonamides is 1. The minimum absolute atomic E-state index is 0.170. The Labute approximate surface area is 136 Å². The van der Waals surface area contributed by atoms with Crippen molar-refractivity contribution in [3.63, 3.8) is 0 Å². The first kappa shape index (κ1) is 17.8. The lowest BCUT2D eigenvalue weighted by atomic mass is 9.78. The van der Waals surface area contributed by atoms with Gasteiger partial charge in [0.05, 0.1) is 17.5 Å². The van der Waals surface area contributed by atoms with Crippen molar-refractivity contribution >= 4 is 34.2 Å². The molecule has 7 nitrogen and oxygen atoms in total. The van der Waals surface area contributed by atoms with Crippen LogP contribution in [0.15, 0.2) is 18.2 Å². The van der Waals surface area contributed by atoms with Gasteiger partial charge in [-0.2, -0.15) is 0 Å². The maximum Gasteiger partial charge on any atom is 0.494 e. The molecule has 126 valence electrons. The summed E-state index contributed by atoms with van der Waals surface area (Å²) in [6.45, 7) is 7.61. The molecule has 0 bridgehead atoms. The molecule has 1 aromatic rings. The van der Waals surface area contributed by atoms with Crippen LogP contribution < -0.4 is 15.9 Å². The largest absolute Gasteiger partial charge is 0.494 e. The van der Waals surface area contributed by atoms with E-state index in [1.54, 1.807) is 6.07 Å². The molecule has 9 heteroatoms. The Morgan fingerprint density at radius 2 is 1.65 bits per heavy atom. The lowest BCUT2D eigenvalue weighted by Gasteiger charge is -2.32. The van der Waals surface area contributed by atoms with Crippen LogP contribution in [0.4, 0.5) is 5.69 Å². The van der Waals surface area contributed by atoms with Crippen LogP contribution in [0.5, 0.6) is 0 Å². The highest BCUT2D eigenvalue weighted by atomic mass is 32.2. The quantitative estimate of drug-likeness (QED) is 0.774. The van der Waals surface area contributed by atoms with Gasteiger partial charge in [0.1, 0.15) is 0 Å². The Balaban J connectivity index is 2.45. The molecular formula is C14H21BN2O5S. The Morgan fingerprint density at radius 3 is 2.09 bits per heavy atom. The van der Waals surface area contributed by atoms with Crippen LogP contribution in [0.25, 0.3) is 0 Å². The van der Waals surface area contributed by atoms with E-state index in [4.69, 9.17) is 15.0 Å². The molecule has 1 fully saturated rings. The van der Waals surface area contributed by atoms with Gasteiger partial charge in [0.25, 0.3) is 0 Å². The monoisotopic (exact) mass is 340 g/mol. The second-order valence-corrected chi connectivity index (χ2v) is 8.42. The first-order valence-electron chi connectivity index (χ1n) is 7.09. The lowest BCUT2D eigenvalue weighted by molar-refractivity contribution is 0.00578. The van der Waals surface area contributed by atoms with E-state index in [0.29, 0.717) is 5.46 Å². The van der Waals surface area contributed by atoms with Crippen LogP contribution in [0.3, 0.4) is 0 Å². The predicted octanol–water partition coefficient (Wildman–Crippen LogP) is 0.456. The summed E-state index contributed by atoms with van der Waals surface area (Å²) in [6.07, 6.45) is 1.03. The Hall–Kier alpha value is -1.58. The third-order valence-electron chi connectivity index (χ3n) is 4.07. The van der Waals surface area contributed by atoms with Crippen LogP contribution in [0.1, 0.15) is 38.1 Å². The van der Waals surface area contributed by atoms with Gasteiger partial charge in [-0.15, -0.1) is 0 Å². The number of primary amides is 1. The molecule has 3 N–H and O–H groups in total. The average Bonchev–Trinajstić information content (AvgIpc) is 2.56. The van der Waals surface area contributed by atoms with E-state index in [-0.39, 0.29) is 11.3 Å². The van der Waals surface area contributed by atoms with E-state index in [1.165, 1.54) is 12.1 Å². The molecule has 1 saturated heterocycles. The van der Waals surface area contributed by atoms with Crippen molar-refractivity contribution in [1.82, 2.24) is 0 Å². The third kappa shape index (κ3) is 3.85. The highest BCUT2D eigenvalue weighted by Gasteiger charge is 2.51. The Kier molecular flexibility index (Phi) is 4.25. The fourth-order valence-electron chi connectivity index (χ4n) is 2.18. The Bertz CT molecular complexity index is 730. The molecule has 23 heavy (non-hydrogen) atoms. The minimum Gasteiger partial charge on any atom is -0.399 e. The van der Waals surface area contributed by atoms with Crippen LogP contribution >= 0.6 is 0 Å². The first-order valence-corrected chi connectivity index (χ1v) is 8.98. The van der Waals surface area contributed by atoms with Crippen molar-refractivity contribution in [2.45, 2.75) is 38.9 Å². The fourth-order valence-corrected chi connectivity index (χ4v) is 2.73. The molecule has 1 heterocycles. The van der Waals surface area contributed by atoms with E-state index in [2.05, 4.69) is 4.72 Å². The summed E-state index contributed by atoms with van der Waals surface area (Å²) in [5.41, 5.74) is 5.14. The topological polar surface area (TPSA) is 108 Å². The molecule has 0 aliphatic carbocycles. The fraction of sp³-hybridized carbons (Fsp3) is 0.500. The normalized spacial score (nSPS) is 19.6. The standard InChI is InChI=1S/C14H21BN2O5S/c1-13(2)14(3,4)22-15(21-13)10-6-9(12(16)18)7-11(8-10)17-23(5,19)20/h6-8,17H,1-5H3,(H2,16,18). The summed E-state index contributed by atoms with van der Waals surface area (Å²) in [5.74, 6) is -0.667. The number of benzene rings is 1. The average molecular weight is 340 g/mol. The summed E-state index contributed by atoms with van der Waals surface area (Å²) in [7, 11) is -4.21. The maximum absolute atomic E-state index is 11.5. The molecule has 0 atom stereocenters. The van der Waals surface area contributed by atoms with Crippen LogP contribution in [0, 0.1) is 0 Å². The van der Waals surface area contributed by atoms with Gasteiger partial charge >= 0.3 is 7.12 Å². The number of rotatable bonds is 4. The summed E-state index contributed by atoms with van der Waals surface area (Å²) < 4.78 is 37.0. The zero-order valence-corrected chi connectivity index (χ0v) is 14.7. The second kappa shape index (κ2) is 5.50. The van der Waals surface area contributed by atoms with Gasteiger partial charge in [0.2, 0.25) is 15.9 Å². The predicted molar refractivity (Wildman–Crippen MR) is 89.1 cm³/mol. The number of hydrogen-bond acceptors (Lipinski definition) is 5. The number of nitrogens with one attached hydrogen (secondary N) is 1. The van der Waals surface area contributed by atoms with Crippen molar-refractivity contribution in [3.05, 3.63) is 23.8 Å². The van der Waals surface area contributed by atoms with Gasteiger partial charge in [-0.05, 0) is 51.4 Å². The molecule has 0 unspecified atom stereocenters. The zero-order valence-electron chi connectivity index (χ0n) is 13.8. The summed E-state index contributed by atoms with van der Waals surface area (Å²) in [4.78, 5) is 11.5. The molecule has 1 amide bonds. The SMILES string of the molecule is CC1(C)OB(c2cc(NS(C)(=O)=O)cc(C(N)=O)c2)OC1(C)C. The minimum atomic E-state index is -3.49. The van der Waals surface area contributed by atoms with Gasteiger partial charge in [-0.3, -0.25) is 9.52 Å². The first-order chi connectivity index (χ1) is 10.3. The van der Waals surface area contributed by atoms with Crippen molar-refractivity contribution in [2.24, 2.45) is 5.73 Å². The Morgan fingerprint density at radius 1 is 1.13 bits per heavy atom. The molecule has 1 aliphatic heterocycles. The summed E-state index contributed by atoms with van der Waals surface area (Å²) in [5, 5.41) is 0. The van der Waals surface area contributed by atoms with Gasteiger partial charge < -0.3 is 15.0 Å². The molecule has 1 aliphatic rings. The molecule has 2 rings (SSSR count). The highest BCUT2D eigenvalue weighted by Crippen LogP contribution is 2.36. The number of hydrogen-bond donors (Lipinski definition) is 2. The number of carbonyl (C=O) groups excluding carboxylic acids is 1. The molecule has 0 saturated carbocycles. The lowest BCUT2D eigenvalue weighted by Crippen LogP contribution is -2.41. The molecule has 0 aromatic heterocycles. The third-order valence-corrected chi connectivity index (χ3v) is 4.68. The zero-order chi connectivity index (χ0) is 17.6. The van der Waals surface area contributed by atoms with Crippen LogP contribution in [0.2, 0.25) is 0 Å². The van der Waals surface area contributed by atoms with E-state index < -0.39 is 34.3 Å². The molecule has 0 radical (unpaired) electrons. The van der Waals surface area contributed by atoms with E-state index >= 15 is 0 Å². The van der Waals surface area contributed by atoms with E-state index in [1.807, 2.05) is 27.7 Å². The maximum atomic E-state index is 11.5. The number of nitrogens with two attached hydrogens (primary N) is 1. The number of anilines is 1. The molecule has 0 spiro atoms. The van der Waals surface area contributed by atoms with Crippen molar-refractivity contribution in [2.75, 3.05) is 11.0 Å². The smallest absolute Gasteiger partial charge is 0.399 e. The summed E-state index contributed by atoms with van der Waals surface area (Å²) in [6, 6.07) is 4.48. The highest BCUT2D eigenvalue weighted by molar-refractivity contribution is 7.92.